The van der Waals surface area contributed by atoms with Crippen LogP contribution in [0.1, 0.15) is 39.5 Å². The SMILES string of the molecule is CC1(C)CN(C2CCCC(CN)C2)C1. The molecule has 0 spiro atoms. The van der Waals surface area contributed by atoms with Gasteiger partial charge in [-0.1, -0.05) is 20.3 Å². The molecule has 14 heavy (non-hydrogen) atoms. The number of hydrogen-bond donors (Lipinski definition) is 1. The van der Waals surface area contributed by atoms with Crippen LogP contribution < -0.4 is 5.73 Å². The zero-order chi connectivity index (χ0) is 10.2. The molecule has 0 aromatic rings. The third-order valence-electron chi connectivity index (χ3n) is 3.87. The van der Waals surface area contributed by atoms with Gasteiger partial charge in [-0.2, -0.15) is 0 Å². The molecule has 1 aliphatic carbocycles. The molecule has 0 amide bonds. The van der Waals surface area contributed by atoms with Gasteiger partial charge in [0.05, 0.1) is 0 Å². The Balaban J connectivity index is 1.81. The van der Waals surface area contributed by atoms with Crippen LogP contribution in [-0.4, -0.2) is 30.6 Å². The van der Waals surface area contributed by atoms with Crippen LogP contribution in [0.15, 0.2) is 0 Å². The number of nitrogens with two attached hydrogens (primary N) is 1. The molecule has 0 radical (unpaired) electrons. The van der Waals surface area contributed by atoms with Crippen LogP contribution in [0.25, 0.3) is 0 Å². The Morgan fingerprint density at radius 2 is 2.00 bits per heavy atom. The van der Waals surface area contributed by atoms with Gasteiger partial charge in [0.15, 0.2) is 0 Å². The lowest BCUT2D eigenvalue weighted by atomic mass is 9.78. The van der Waals surface area contributed by atoms with E-state index < -0.39 is 0 Å². The summed E-state index contributed by atoms with van der Waals surface area (Å²) in [6, 6.07) is 0.852. The first kappa shape index (κ1) is 10.4. The molecule has 2 rings (SSSR count). The molecule has 0 aromatic carbocycles. The van der Waals surface area contributed by atoms with Crippen LogP contribution in [0.3, 0.4) is 0 Å². The van der Waals surface area contributed by atoms with Crippen LogP contribution >= 0.6 is 0 Å². The number of likely N-dealkylation sites (tertiary alicyclic amines) is 1. The molecule has 1 saturated carbocycles. The summed E-state index contributed by atoms with van der Waals surface area (Å²) >= 11 is 0. The maximum atomic E-state index is 5.76. The van der Waals surface area contributed by atoms with E-state index >= 15 is 0 Å². The Bertz CT molecular complexity index is 192. The van der Waals surface area contributed by atoms with Crippen molar-refractivity contribution in [2.45, 2.75) is 45.6 Å². The van der Waals surface area contributed by atoms with Gasteiger partial charge in [0.1, 0.15) is 0 Å². The van der Waals surface area contributed by atoms with Gasteiger partial charge >= 0.3 is 0 Å². The molecule has 2 fully saturated rings. The fourth-order valence-electron chi connectivity index (χ4n) is 3.12. The van der Waals surface area contributed by atoms with Crippen LogP contribution in [0.5, 0.6) is 0 Å². The Morgan fingerprint density at radius 1 is 1.29 bits per heavy atom. The molecule has 2 aliphatic rings. The second kappa shape index (κ2) is 3.82. The predicted octanol–water partition coefficient (Wildman–Crippen LogP) is 1.85. The smallest absolute Gasteiger partial charge is 0.00988 e. The number of hydrogen-bond acceptors (Lipinski definition) is 2. The molecule has 2 nitrogen and oxygen atoms in total. The number of nitrogens with zero attached hydrogens (tertiary/aromatic N) is 1. The highest BCUT2D eigenvalue weighted by atomic mass is 15.2. The van der Waals surface area contributed by atoms with E-state index in [4.69, 9.17) is 5.73 Å². The van der Waals surface area contributed by atoms with Crippen LogP contribution in [0.2, 0.25) is 0 Å². The fraction of sp³-hybridized carbons (Fsp3) is 1.00. The minimum Gasteiger partial charge on any atom is -0.330 e. The quantitative estimate of drug-likeness (QED) is 0.730. The van der Waals surface area contributed by atoms with E-state index in [1.165, 1.54) is 38.8 Å². The zero-order valence-corrected chi connectivity index (χ0v) is 9.63. The molecule has 0 bridgehead atoms. The van der Waals surface area contributed by atoms with E-state index in [1.807, 2.05) is 0 Å². The minimum absolute atomic E-state index is 0.579. The van der Waals surface area contributed by atoms with Crippen molar-refractivity contribution >= 4 is 0 Å². The van der Waals surface area contributed by atoms with E-state index in [9.17, 15) is 0 Å². The Kier molecular flexibility index (Phi) is 2.85. The fourth-order valence-corrected chi connectivity index (χ4v) is 3.12. The minimum atomic E-state index is 0.579. The molecule has 2 atom stereocenters. The summed E-state index contributed by atoms with van der Waals surface area (Å²) in [5.41, 5.74) is 6.34. The molecule has 0 aromatic heterocycles. The van der Waals surface area contributed by atoms with Crippen molar-refractivity contribution in [2.24, 2.45) is 17.1 Å². The lowest BCUT2D eigenvalue weighted by molar-refractivity contribution is -0.0243. The molecule has 2 heteroatoms. The molecule has 2 N–H and O–H groups in total. The maximum Gasteiger partial charge on any atom is 0.00988 e. The van der Waals surface area contributed by atoms with Crippen LogP contribution in [0, 0.1) is 11.3 Å². The van der Waals surface area contributed by atoms with Gasteiger partial charge in [-0.15, -0.1) is 0 Å². The first-order valence-corrected chi connectivity index (χ1v) is 6.05. The molecule has 1 saturated heterocycles. The van der Waals surface area contributed by atoms with Gasteiger partial charge in [0.25, 0.3) is 0 Å². The molecule has 82 valence electrons. The van der Waals surface area contributed by atoms with Gasteiger partial charge < -0.3 is 5.73 Å². The molecular formula is C12H24N2. The lowest BCUT2D eigenvalue weighted by Crippen LogP contribution is -2.58. The van der Waals surface area contributed by atoms with Crippen molar-refractivity contribution in [3.8, 4) is 0 Å². The summed E-state index contributed by atoms with van der Waals surface area (Å²) in [6.07, 6.45) is 5.52. The van der Waals surface area contributed by atoms with Crippen molar-refractivity contribution in [1.29, 1.82) is 0 Å². The summed E-state index contributed by atoms with van der Waals surface area (Å²) in [6.45, 7) is 8.23. The first-order valence-electron chi connectivity index (χ1n) is 6.05. The normalized spacial score (nSPS) is 37.9. The van der Waals surface area contributed by atoms with E-state index in [2.05, 4.69) is 18.7 Å². The summed E-state index contributed by atoms with van der Waals surface area (Å²) in [7, 11) is 0. The Hall–Kier alpha value is -0.0800. The average molecular weight is 196 g/mol. The van der Waals surface area contributed by atoms with Crippen molar-refractivity contribution in [3.05, 3.63) is 0 Å². The third kappa shape index (κ3) is 2.12. The summed E-state index contributed by atoms with van der Waals surface area (Å²) in [4.78, 5) is 2.67. The summed E-state index contributed by atoms with van der Waals surface area (Å²) in [5, 5.41) is 0. The second-order valence-electron chi connectivity index (χ2n) is 5.99. The third-order valence-corrected chi connectivity index (χ3v) is 3.87. The van der Waals surface area contributed by atoms with Crippen LogP contribution in [-0.2, 0) is 0 Å². The largest absolute Gasteiger partial charge is 0.330 e. The Labute approximate surface area is 87.8 Å². The summed E-state index contributed by atoms with van der Waals surface area (Å²) < 4.78 is 0. The van der Waals surface area contributed by atoms with Crippen molar-refractivity contribution in [1.82, 2.24) is 4.90 Å². The van der Waals surface area contributed by atoms with E-state index in [-0.39, 0.29) is 0 Å². The van der Waals surface area contributed by atoms with E-state index in [1.54, 1.807) is 0 Å². The van der Waals surface area contributed by atoms with Crippen molar-refractivity contribution in [3.63, 3.8) is 0 Å². The molecular weight excluding hydrogens is 172 g/mol. The standard InChI is InChI=1S/C12H24N2/c1-12(2)8-14(9-12)11-5-3-4-10(6-11)7-13/h10-11H,3-9,13H2,1-2H3. The topological polar surface area (TPSA) is 29.3 Å². The number of rotatable bonds is 2. The van der Waals surface area contributed by atoms with Crippen molar-refractivity contribution in [2.75, 3.05) is 19.6 Å². The molecule has 2 unspecified atom stereocenters. The highest BCUT2D eigenvalue weighted by Crippen LogP contribution is 2.36. The predicted molar refractivity (Wildman–Crippen MR) is 60.2 cm³/mol. The summed E-state index contributed by atoms with van der Waals surface area (Å²) in [5.74, 6) is 0.803. The Morgan fingerprint density at radius 3 is 2.57 bits per heavy atom. The monoisotopic (exact) mass is 196 g/mol. The van der Waals surface area contributed by atoms with E-state index in [0.717, 1.165) is 18.5 Å². The maximum absolute atomic E-state index is 5.76. The van der Waals surface area contributed by atoms with Gasteiger partial charge in [-0.3, -0.25) is 4.90 Å². The van der Waals surface area contributed by atoms with Gasteiger partial charge in [-0.25, -0.2) is 0 Å². The second-order valence-corrected chi connectivity index (χ2v) is 5.99. The average Bonchev–Trinajstić information content (AvgIpc) is 2.14. The zero-order valence-electron chi connectivity index (χ0n) is 9.63. The van der Waals surface area contributed by atoms with Gasteiger partial charge in [0.2, 0.25) is 0 Å². The van der Waals surface area contributed by atoms with Gasteiger partial charge in [0, 0.05) is 19.1 Å². The highest BCUT2D eigenvalue weighted by Gasteiger charge is 2.39. The van der Waals surface area contributed by atoms with Crippen molar-refractivity contribution < 1.29 is 0 Å². The lowest BCUT2D eigenvalue weighted by Gasteiger charge is -2.51. The molecule has 1 heterocycles. The van der Waals surface area contributed by atoms with E-state index in [0.29, 0.717) is 5.41 Å². The van der Waals surface area contributed by atoms with Crippen LogP contribution in [0.4, 0.5) is 0 Å². The first-order chi connectivity index (χ1) is 6.61. The molecule has 1 aliphatic heterocycles. The highest BCUT2D eigenvalue weighted by molar-refractivity contribution is 4.93. The van der Waals surface area contributed by atoms with Gasteiger partial charge in [-0.05, 0) is 37.1 Å².